The molecule has 0 spiro atoms. The van der Waals surface area contributed by atoms with Gasteiger partial charge >= 0.3 is 17.6 Å². The van der Waals surface area contributed by atoms with Crippen molar-refractivity contribution in [3.8, 4) is 5.75 Å². The van der Waals surface area contributed by atoms with Crippen molar-refractivity contribution in [3.63, 3.8) is 0 Å². The van der Waals surface area contributed by atoms with Crippen molar-refractivity contribution >= 4 is 33.9 Å². The van der Waals surface area contributed by atoms with Crippen LogP contribution in [0.1, 0.15) is 33.3 Å². The normalized spacial score (nSPS) is 12.7. The van der Waals surface area contributed by atoms with Crippen LogP contribution in [0, 0.1) is 0 Å². The van der Waals surface area contributed by atoms with Gasteiger partial charge in [0.1, 0.15) is 28.6 Å². The molecule has 0 N–H and O–H groups in total. The van der Waals surface area contributed by atoms with Crippen LogP contribution in [-0.2, 0) is 25.5 Å². The summed E-state index contributed by atoms with van der Waals surface area (Å²) in [7, 11) is 1.51. The molecular weight excluding hydrogens is 380 g/mol. The highest BCUT2D eigenvalue weighted by Gasteiger charge is 2.36. The van der Waals surface area contributed by atoms with Crippen LogP contribution in [0.15, 0.2) is 38.1 Å². The monoisotopic (exact) mass is 402 g/mol. The fourth-order valence-corrected chi connectivity index (χ4v) is 3.32. The zero-order valence-electron chi connectivity index (χ0n) is 16.9. The number of carbonyl (C=O) groups is 2. The number of hydrogen-bond donors (Lipinski definition) is 0. The minimum atomic E-state index is -1.16. The average molecular weight is 402 g/mol. The van der Waals surface area contributed by atoms with Crippen LogP contribution in [0.25, 0.3) is 21.9 Å². The quantitative estimate of drug-likeness (QED) is 0.456. The van der Waals surface area contributed by atoms with Gasteiger partial charge in [-0.05, 0) is 26.0 Å². The molecule has 154 valence electrons. The first-order valence-corrected chi connectivity index (χ1v) is 9.00. The zero-order chi connectivity index (χ0) is 21.3. The Kier molecular flexibility index (Phi) is 5.37. The van der Waals surface area contributed by atoms with E-state index in [2.05, 4.69) is 0 Å². The number of methoxy groups -OCH3 is 1. The van der Waals surface area contributed by atoms with Crippen molar-refractivity contribution in [2.24, 2.45) is 0 Å². The number of carbonyl (C=O) groups excluding carboxylic acids is 2. The number of ether oxygens (including phenoxy) is 3. The molecular formula is C21H22O8. The van der Waals surface area contributed by atoms with Gasteiger partial charge in [0.2, 0.25) is 0 Å². The molecule has 1 aromatic carbocycles. The van der Waals surface area contributed by atoms with Gasteiger partial charge in [0.25, 0.3) is 0 Å². The molecule has 2 heterocycles. The van der Waals surface area contributed by atoms with Crippen LogP contribution < -0.4 is 10.4 Å². The molecule has 0 radical (unpaired) electrons. The van der Waals surface area contributed by atoms with E-state index in [1.54, 1.807) is 32.0 Å². The average Bonchev–Trinajstić information content (AvgIpc) is 3.06. The molecule has 0 aliphatic rings. The summed E-state index contributed by atoms with van der Waals surface area (Å²) in [5.41, 5.74) is -0.663. The molecule has 29 heavy (non-hydrogen) atoms. The maximum atomic E-state index is 12.6. The first-order chi connectivity index (χ1) is 13.6. The number of fused-ring (bicyclic) bond motifs is 2. The van der Waals surface area contributed by atoms with E-state index >= 15 is 0 Å². The van der Waals surface area contributed by atoms with Crippen molar-refractivity contribution in [1.29, 1.82) is 0 Å². The first-order valence-electron chi connectivity index (χ1n) is 9.00. The largest absolute Gasteiger partial charge is 0.495 e. The molecule has 0 saturated carbocycles. The van der Waals surface area contributed by atoms with Gasteiger partial charge in [-0.1, -0.05) is 0 Å². The summed E-state index contributed by atoms with van der Waals surface area (Å²) in [5, 5.41) is 1.31. The molecule has 3 rings (SSSR count). The second-order valence-corrected chi connectivity index (χ2v) is 7.21. The van der Waals surface area contributed by atoms with Crippen molar-refractivity contribution in [2.45, 2.75) is 45.8 Å². The summed E-state index contributed by atoms with van der Waals surface area (Å²) in [6.07, 6.45) is 0.613. The lowest BCUT2D eigenvalue weighted by atomic mass is 9.94. The summed E-state index contributed by atoms with van der Waals surface area (Å²) >= 11 is 0. The van der Waals surface area contributed by atoms with Gasteiger partial charge in [-0.15, -0.1) is 0 Å². The predicted octanol–water partition coefficient (Wildman–Crippen LogP) is 3.36. The third-order valence-corrected chi connectivity index (χ3v) is 4.60. The highest BCUT2D eigenvalue weighted by atomic mass is 16.6. The molecule has 2 aromatic heterocycles. The lowest BCUT2D eigenvalue weighted by Gasteiger charge is -2.32. The van der Waals surface area contributed by atoms with E-state index in [9.17, 15) is 14.4 Å². The topological polar surface area (TPSA) is 105 Å². The van der Waals surface area contributed by atoms with Crippen LogP contribution in [0.5, 0.6) is 5.75 Å². The van der Waals surface area contributed by atoms with Gasteiger partial charge < -0.3 is 23.0 Å². The van der Waals surface area contributed by atoms with Crippen LogP contribution in [0.3, 0.4) is 0 Å². The summed E-state index contributed by atoms with van der Waals surface area (Å²) in [4.78, 5) is 35.6. The van der Waals surface area contributed by atoms with Gasteiger partial charge in [-0.2, -0.15) is 0 Å². The van der Waals surface area contributed by atoms with E-state index in [-0.39, 0.29) is 12.0 Å². The van der Waals surface area contributed by atoms with E-state index in [0.29, 0.717) is 22.3 Å². The second kappa shape index (κ2) is 7.62. The van der Waals surface area contributed by atoms with Crippen LogP contribution >= 0.6 is 0 Å². The van der Waals surface area contributed by atoms with E-state index in [0.717, 1.165) is 5.39 Å². The van der Waals surface area contributed by atoms with Crippen LogP contribution in [-0.4, -0.2) is 30.8 Å². The van der Waals surface area contributed by atoms with E-state index < -0.39 is 29.3 Å². The number of hydrogen-bond acceptors (Lipinski definition) is 8. The van der Waals surface area contributed by atoms with Crippen molar-refractivity contribution in [1.82, 2.24) is 0 Å². The lowest BCUT2D eigenvalue weighted by molar-refractivity contribution is -0.178. The van der Waals surface area contributed by atoms with Crippen molar-refractivity contribution < 1.29 is 32.6 Å². The Balaban J connectivity index is 2.10. The molecule has 8 heteroatoms. The maximum absolute atomic E-state index is 12.6. The number of esters is 2. The van der Waals surface area contributed by atoms with Gasteiger partial charge in [0, 0.05) is 31.9 Å². The summed E-state index contributed by atoms with van der Waals surface area (Å²) < 4.78 is 27.0. The summed E-state index contributed by atoms with van der Waals surface area (Å²) in [5.74, 6) is -0.584. The van der Waals surface area contributed by atoms with Gasteiger partial charge in [-0.3, -0.25) is 9.59 Å². The van der Waals surface area contributed by atoms with E-state index in [1.165, 1.54) is 27.2 Å². The fraction of sp³-hybridized carbons (Fsp3) is 0.381. The number of benzene rings is 1. The summed E-state index contributed by atoms with van der Waals surface area (Å²) in [6.45, 7) is 5.73. The van der Waals surface area contributed by atoms with Crippen molar-refractivity contribution in [2.75, 3.05) is 7.11 Å². The smallest absolute Gasteiger partial charge is 0.339 e. The summed E-state index contributed by atoms with van der Waals surface area (Å²) in [6, 6.07) is 5.00. The highest BCUT2D eigenvalue weighted by Crippen LogP contribution is 2.35. The highest BCUT2D eigenvalue weighted by molar-refractivity contribution is 6.01. The molecule has 0 aliphatic carbocycles. The molecule has 0 aliphatic heterocycles. The predicted molar refractivity (Wildman–Crippen MR) is 104 cm³/mol. The third kappa shape index (κ3) is 4.11. The molecule has 0 bridgehead atoms. The maximum Gasteiger partial charge on any atom is 0.339 e. The lowest BCUT2D eigenvalue weighted by Crippen LogP contribution is -2.45. The SMILES string of the molecule is COc1c2ccoc2cc2oc(=O)c(C[C@H](OC(C)=O)C(C)(C)OC(C)=O)cc12. The Morgan fingerprint density at radius 2 is 1.83 bits per heavy atom. The Morgan fingerprint density at radius 3 is 2.45 bits per heavy atom. The Bertz CT molecular complexity index is 1130. The standard InChI is InChI=1S/C21H22O8/c1-11(22)27-18(21(3,4)29-12(2)23)9-13-8-15-17(28-20(13)24)10-16-14(6-7-26-16)19(15)25-5/h6-8,10,18H,9H2,1-5H3/t18-/m0/s1. The molecule has 0 amide bonds. The molecule has 0 saturated heterocycles. The molecule has 1 atom stereocenters. The molecule has 8 nitrogen and oxygen atoms in total. The third-order valence-electron chi connectivity index (χ3n) is 4.60. The number of rotatable bonds is 6. The van der Waals surface area contributed by atoms with Crippen molar-refractivity contribution in [3.05, 3.63) is 40.4 Å². The first kappa shape index (κ1) is 20.4. The van der Waals surface area contributed by atoms with Gasteiger partial charge in [0.15, 0.2) is 0 Å². The Labute approximate surface area is 166 Å². The molecule has 0 unspecified atom stereocenters. The number of furan rings is 1. The van der Waals surface area contributed by atoms with Crippen LogP contribution in [0.2, 0.25) is 0 Å². The zero-order valence-corrected chi connectivity index (χ0v) is 16.9. The molecule has 3 aromatic rings. The minimum absolute atomic E-state index is 0.00921. The van der Waals surface area contributed by atoms with Gasteiger partial charge in [-0.25, -0.2) is 4.79 Å². The Morgan fingerprint density at radius 1 is 1.10 bits per heavy atom. The van der Waals surface area contributed by atoms with E-state index in [1.807, 2.05) is 0 Å². The van der Waals surface area contributed by atoms with Gasteiger partial charge in [0.05, 0.1) is 24.1 Å². The van der Waals surface area contributed by atoms with E-state index in [4.69, 9.17) is 23.0 Å². The Hall–Kier alpha value is -3.29. The van der Waals surface area contributed by atoms with Crippen LogP contribution in [0.4, 0.5) is 0 Å². The fourth-order valence-electron chi connectivity index (χ4n) is 3.32. The molecule has 0 fully saturated rings. The second-order valence-electron chi connectivity index (χ2n) is 7.21. The minimum Gasteiger partial charge on any atom is -0.495 e.